The molecular formula is C22H31NO. The molecule has 9 atom stereocenters. The quantitative estimate of drug-likeness (QED) is 0.656. The summed E-state index contributed by atoms with van der Waals surface area (Å²) in [4.78, 5) is 0. The molecule has 0 aromatic carbocycles. The summed E-state index contributed by atoms with van der Waals surface area (Å²) in [5.74, 6) is 3.80. The molecule has 2 nitrogen and oxygen atoms in total. The molecule has 5 rings (SSSR count). The van der Waals surface area contributed by atoms with Gasteiger partial charge in [0.15, 0.2) is 0 Å². The fraction of sp³-hybridized carbons (Fsp3) is 0.864. The van der Waals surface area contributed by atoms with Crippen LogP contribution >= 0.6 is 0 Å². The Bertz CT molecular complexity index is 661. The largest absolute Gasteiger partial charge is 0.393 e. The standard InChI is InChI=1S/C22H31NO/c1-20-8-6-14(24)10-13(20)4-5-15-17(20)7-9-21(2)19(15)16-11-18(16)22(21,3)12-23/h4,14-19,24H,5-11H2,1-3H3/t14-,15+,16-,17-,18+,19+,20-,21-,22-/m0/s1. The minimum atomic E-state index is -0.115. The van der Waals surface area contributed by atoms with Crippen LogP contribution in [0.3, 0.4) is 0 Å². The van der Waals surface area contributed by atoms with Gasteiger partial charge in [-0.1, -0.05) is 25.5 Å². The Morgan fingerprint density at radius 2 is 1.92 bits per heavy atom. The first-order valence-corrected chi connectivity index (χ1v) is 10.1. The van der Waals surface area contributed by atoms with E-state index >= 15 is 0 Å². The van der Waals surface area contributed by atoms with E-state index in [4.69, 9.17) is 0 Å². The number of fused-ring (bicyclic) bond motifs is 7. The van der Waals surface area contributed by atoms with Gasteiger partial charge in [-0.2, -0.15) is 5.26 Å². The Morgan fingerprint density at radius 1 is 1.12 bits per heavy atom. The fourth-order valence-electron chi connectivity index (χ4n) is 8.20. The smallest absolute Gasteiger partial charge is 0.0695 e. The third-order valence-electron chi connectivity index (χ3n) is 9.79. The van der Waals surface area contributed by atoms with Crippen LogP contribution < -0.4 is 0 Å². The lowest BCUT2D eigenvalue weighted by Crippen LogP contribution is -2.53. The third-order valence-corrected chi connectivity index (χ3v) is 9.79. The van der Waals surface area contributed by atoms with Crippen molar-refractivity contribution in [2.75, 3.05) is 0 Å². The maximum Gasteiger partial charge on any atom is 0.0695 e. The number of aliphatic hydroxyl groups excluding tert-OH is 1. The minimum absolute atomic E-state index is 0.0963. The number of nitrogens with zero attached hydrogens (tertiary/aromatic N) is 1. The summed E-state index contributed by atoms with van der Waals surface area (Å²) in [6, 6.07) is 2.79. The molecule has 5 aliphatic carbocycles. The predicted octanol–water partition coefficient (Wildman–Crippen LogP) is 4.70. The Hall–Kier alpha value is -0.810. The molecule has 4 fully saturated rings. The van der Waals surface area contributed by atoms with E-state index in [0.717, 1.165) is 42.9 Å². The number of aliphatic hydroxyl groups is 1. The first kappa shape index (κ1) is 15.4. The van der Waals surface area contributed by atoms with Crippen molar-refractivity contribution in [1.82, 2.24) is 0 Å². The number of hydrogen-bond acceptors (Lipinski definition) is 2. The van der Waals surface area contributed by atoms with Gasteiger partial charge >= 0.3 is 0 Å². The highest BCUT2D eigenvalue weighted by Crippen LogP contribution is 2.79. The fourth-order valence-corrected chi connectivity index (χ4v) is 8.20. The zero-order valence-corrected chi connectivity index (χ0v) is 15.4. The van der Waals surface area contributed by atoms with Gasteiger partial charge in [0.25, 0.3) is 0 Å². The summed E-state index contributed by atoms with van der Waals surface area (Å²) in [6.07, 6.45) is 10.5. The molecule has 0 spiro atoms. The topological polar surface area (TPSA) is 44.0 Å². The van der Waals surface area contributed by atoms with E-state index in [9.17, 15) is 10.4 Å². The van der Waals surface area contributed by atoms with Gasteiger partial charge in [-0.05, 0) is 92.3 Å². The number of allylic oxidation sites excluding steroid dienone is 1. The number of hydrogen-bond donors (Lipinski definition) is 1. The summed E-state index contributed by atoms with van der Waals surface area (Å²) < 4.78 is 0. The van der Waals surface area contributed by atoms with Crippen LogP contribution in [0, 0.1) is 57.2 Å². The molecule has 24 heavy (non-hydrogen) atoms. The van der Waals surface area contributed by atoms with Crippen molar-refractivity contribution in [3.63, 3.8) is 0 Å². The molecule has 130 valence electrons. The van der Waals surface area contributed by atoms with Gasteiger partial charge in [0.1, 0.15) is 0 Å². The van der Waals surface area contributed by atoms with Gasteiger partial charge in [0.2, 0.25) is 0 Å². The molecule has 0 bridgehead atoms. The van der Waals surface area contributed by atoms with Crippen molar-refractivity contribution in [2.45, 2.75) is 71.8 Å². The second kappa shape index (κ2) is 4.47. The average Bonchev–Trinajstić information content (AvgIpc) is 3.31. The van der Waals surface area contributed by atoms with Crippen LogP contribution in [0.4, 0.5) is 0 Å². The molecular weight excluding hydrogens is 294 g/mol. The Labute approximate surface area is 146 Å². The van der Waals surface area contributed by atoms with Crippen molar-refractivity contribution in [2.24, 2.45) is 45.8 Å². The van der Waals surface area contributed by atoms with Crippen LogP contribution in [-0.2, 0) is 0 Å². The molecule has 4 saturated carbocycles. The van der Waals surface area contributed by atoms with Gasteiger partial charge in [0, 0.05) is 0 Å². The highest BCUT2D eigenvalue weighted by atomic mass is 16.3. The molecule has 2 heteroatoms. The minimum Gasteiger partial charge on any atom is -0.393 e. The van der Waals surface area contributed by atoms with E-state index in [-0.39, 0.29) is 16.9 Å². The van der Waals surface area contributed by atoms with Gasteiger partial charge in [0.05, 0.1) is 17.6 Å². The monoisotopic (exact) mass is 325 g/mol. The van der Waals surface area contributed by atoms with Crippen molar-refractivity contribution < 1.29 is 5.11 Å². The lowest BCUT2D eigenvalue weighted by molar-refractivity contribution is -0.0755. The normalized spacial score (nSPS) is 60.9. The second-order valence-electron chi connectivity index (χ2n) is 10.4. The molecule has 0 aliphatic heterocycles. The second-order valence-corrected chi connectivity index (χ2v) is 10.4. The van der Waals surface area contributed by atoms with Gasteiger partial charge in [-0.15, -0.1) is 0 Å². The highest BCUT2D eigenvalue weighted by molar-refractivity contribution is 5.31. The summed E-state index contributed by atoms with van der Waals surface area (Å²) in [5, 5.41) is 20.1. The average molecular weight is 325 g/mol. The van der Waals surface area contributed by atoms with Crippen LogP contribution in [0.2, 0.25) is 0 Å². The molecule has 0 heterocycles. The molecule has 1 N–H and O–H groups in total. The molecule has 0 saturated heterocycles. The van der Waals surface area contributed by atoms with Crippen molar-refractivity contribution in [3.8, 4) is 6.07 Å². The molecule has 0 aromatic heterocycles. The van der Waals surface area contributed by atoms with Gasteiger partial charge < -0.3 is 5.11 Å². The van der Waals surface area contributed by atoms with E-state index in [0.29, 0.717) is 11.3 Å². The summed E-state index contributed by atoms with van der Waals surface area (Å²) >= 11 is 0. The van der Waals surface area contributed by atoms with Gasteiger partial charge in [-0.3, -0.25) is 0 Å². The van der Waals surface area contributed by atoms with Crippen LogP contribution in [0.15, 0.2) is 11.6 Å². The van der Waals surface area contributed by atoms with E-state index < -0.39 is 0 Å². The third kappa shape index (κ3) is 1.57. The molecule has 0 aromatic rings. The maximum atomic E-state index is 10.1. The lowest BCUT2D eigenvalue weighted by Gasteiger charge is -2.59. The first-order chi connectivity index (χ1) is 11.3. The lowest BCUT2D eigenvalue weighted by atomic mass is 9.45. The Kier molecular flexibility index (Phi) is 2.88. The Balaban J connectivity index is 1.55. The molecule has 0 unspecified atom stereocenters. The van der Waals surface area contributed by atoms with Crippen molar-refractivity contribution in [3.05, 3.63) is 11.6 Å². The summed E-state index contributed by atoms with van der Waals surface area (Å²) in [7, 11) is 0. The Morgan fingerprint density at radius 3 is 2.67 bits per heavy atom. The van der Waals surface area contributed by atoms with Crippen LogP contribution in [0.1, 0.15) is 65.7 Å². The zero-order valence-electron chi connectivity index (χ0n) is 15.4. The summed E-state index contributed by atoms with van der Waals surface area (Å²) in [5.41, 5.74) is 2.01. The van der Waals surface area contributed by atoms with E-state index in [1.165, 1.54) is 25.7 Å². The SMILES string of the molecule is C[C@]12CC[C@H](O)CC1=CC[C@H]1[C@@H]3[C@H]4C[C@H]4[C@](C)(C#N)[C@@]3(C)CC[C@@H]12. The first-order valence-electron chi connectivity index (χ1n) is 10.1. The van der Waals surface area contributed by atoms with Crippen LogP contribution in [0.5, 0.6) is 0 Å². The summed E-state index contributed by atoms with van der Waals surface area (Å²) in [6.45, 7) is 7.23. The van der Waals surface area contributed by atoms with Crippen LogP contribution in [-0.4, -0.2) is 11.2 Å². The van der Waals surface area contributed by atoms with E-state index in [1.54, 1.807) is 5.57 Å². The van der Waals surface area contributed by atoms with Gasteiger partial charge in [-0.25, -0.2) is 0 Å². The number of rotatable bonds is 0. The molecule has 5 aliphatic rings. The maximum absolute atomic E-state index is 10.1. The predicted molar refractivity (Wildman–Crippen MR) is 93.8 cm³/mol. The number of nitriles is 1. The molecule has 0 amide bonds. The van der Waals surface area contributed by atoms with E-state index in [2.05, 4.69) is 32.9 Å². The highest BCUT2D eigenvalue weighted by Gasteiger charge is 2.75. The zero-order chi connectivity index (χ0) is 16.9. The molecule has 0 radical (unpaired) electrons. The van der Waals surface area contributed by atoms with Crippen molar-refractivity contribution >= 4 is 0 Å². The van der Waals surface area contributed by atoms with Crippen LogP contribution in [0.25, 0.3) is 0 Å². The van der Waals surface area contributed by atoms with Crippen molar-refractivity contribution in [1.29, 1.82) is 5.26 Å². The van der Waals surface area contributed by atoms with E-state index in [1.807, 2.05) is 0 Å².